The molecule has 0 saturated carbocycles. The van der Waals surface area contributed by atoms with Gasteiger partial charge in [0, 0.05) is 25.9 Å². The van der Waals surface area contributed by atoms with E-state index in [9.17, 15) is 4.79 Å². The Kier molecular flexibility index (Phi) is 3.01. The van der Waals surface area contributed by atoms with Crippen molar-refractivity contribution in [2.24, 2.45) is 4.99 Å². The largest absolute Gasteiger partial charge is 0.444 e. The molecule has 4 heteroatoms. The van der Waals surface area contributed by atoms with E-state index >= 15 is 0 Å². The van der Waals surface area contributed by atoms with E-state index in [1.807, 2.05) is 0 Å². The number of hydrogen-bond donors (Lipinski definition) is 0. The van der Waals surface area contributed by atoms with E-state index in [2.05, 4.69) is 9.89 Å². The lowest BCUT2D eigenvalue weighted by molar-refractivity contribution is -0.140. The highest BCUT2D eigenvalue weighted by Gasteiger charge is 2.26. The Bertz CT molecular complexity index is 240. The van der Waals surface area contributed by atoms with Gasteiger partial charge in [0.15, 0.2) is 6.23 Å². The summed E-state index contributed by atoms with van der Waals surface area (Å²) < 4.78 is 5.10. The van der Waals surface area contributed by atoms with Crippen LogP contribution in [0, 0.1) is 0 Å². The first-order chi connectivity index (χ1) is 6.92. The first-order valence-electron chi connectivity index (χ1n) is 5.31. The molecule has 2 aliphatic rings. The van der Waals surface area contributed by atoms with Gasteiger partial charge in [0.2, 0.25) is 0 Å². The predicted molar refractivity (Wildman–Crippen MR) is 53.0 cm³/mol. The molecular weight excluding hydrogens is 180 g/mol. The SMILES string of the molecule is O=COC1CCCCC2=NCCCN21. The van der Waals surface area contributed by atoms with Crippen molar-refractivity contribution < 1.29 is 9.53 Å². The number of fused-ring (bicyclic) bond motifs is 1. The van der Waals surface area contributed by atoms with Gasteiger partial charge in [0.05, 0.1) is 0 Å². The van der Waals surface area contributed by atoms with Gasteiger partial charge in [-0.3, -0.25) is 9.79 Å². The van der Waals surface area contributed by atoms with Crippen molar-refractivity contribution in [2.45, 2.75) is 38.3 Å². The van der Waals surface area contributed by atoms with E-state index in [1.165, 1.54) is 0 Å². The van der Waals surface area contributed by atoms with Crippen molar-refractivity contribution in [3.05, 3.63) is 0 Å². The van der Waals surface area contributed by atoms with Gasteiger partial charge < -0.3 is 9.64 Å². The molecule has 0 aromatic rings. The molecule has 0 aromatic carbocycles. The Hall–Kier alpha value is -1.06. The van der Waals surface area contributed by atoms with Crippen LogP contribution in [0.25, 0.3) is 0 Å². The number of ether oxygens (including phenoxy) is 1. The van der Waals surface area contributed by atoms with Gasteiger partial charge in [-0.05, 0) is 19.3 Å². The summed E-state index contributed by atoms with van der Waals surface area (Å²) in [6.07, 6.45) is 5.27. The molecule has 1 saturated heterocycles. The van der Waals surface area contributed by atoms with E-state index in [0.29, 0.717) is 6.47 Å². The summed E-state index contributed by atoms with van der Waals surface area (Å²) in [6.45, 7) is 2.47. The summed E-state index contributed by atoms with van der Waals surface area (Å²) in [6, 6.07) is 0. The predicted octanol–water partition coefficient (Wildman–Crippen LogP) is 1.16. The Morgan fingerprint density at radius 1 is 1.43 bits per heavy atom. The number of carbonyl (C=O) groups is 1. The molecule has 2 heterocycles. The number of amidine groups is 1. The zero-order valence-electron chi connectivity index (χ0n) is 8.32. The standard InChI is InChI=1S/C10H16N2O2/c13-8-14-10-5-2-1-4-9-11-6-3-7-12(9)10/h8,10H,1-7H2. The molecule has 4 nitrogen and oxygen atoms in total. The molecule has 78 valence electrons. The molecule has 0 amide bonds. The highest BCUT2D eigenvalue weighted by molar-refractivity contribution is 5.83. The first-order valence-corrected chi connectivity index (χ1v) is 5.31. The second-order valence-electron chi connectivity index (χ2n) is 3.78. The first kappa shape index (κ1) is 9.49. The maximum Gasteiger partial charge on any atom is 0.295 e. The molecule has 0 radical (unpaired) electrons. The second kappa shape index (κ2) is 4.44. The quantitative estimate of drug-likeness (QED) is 0.622. The van der Waals surface area contributed by atoms with Crippen LogP contribution < -0.4 is 0 Å². The highest BCUT2D eigenvalue weighted by Crippen LogP contribution is 2.21. The van der Waals surface area contributed by atoms with Crippen LogP contribution in [0.4, 0.5) is 0 Å². The molecule has 1 fully saturated rings. The number of nitrogens with zero attached hydrogens (tertiary/aromatic N) is 2. The smallest absolute Gasteiger partial charge is 0.295 e. The van der Waals surface area contributed by atoms with Crippen LogP contribution in [0.2, 0.25) is 0 Å². The number of carbonyl (C=O) groups excluding carboxylic acids is 1. The average molecular weight is 196 g/mol. The Morgan fingerprint density at radius 3 is 3.21 bits per heavy atom. The minimum absolute atomic E-state index is 0.0611. The number of hydrogen-bond acceptors (Lipinski definition) is 4. The van der Waals surface area contributed by atoms with Crippen LogP contribution in [0.15, 0.2) is 4.99 Å². The maximum atomic E-state index is 10.4. The van der Waals surface area contributed by atoms with Crippen molar-refractivity contribution in [2.75, 3.05) is 13.1 Å². The topological polar surface area (TPSA) is 41.9 Å². The molecule has 1 unspecified atom stereocenters. The summed E-state index contributed by atoms with van der Waals surface area (Å²) in [5.41, 5.74) is 0. The third-order valence-corrected chi connectivity index (χ3v) is 2.84. The maximum absolute atomic E-state index is 10.4. The molecule has 0 bridgehead atoms. The van der Waals surface area contributed by atoms with Crippen LogP contribution in [0.3, 0.4) is 0 Å². The van der Waals surface area contributed by atoms with E-state index in [1.54, 1.807) is 0 Å². The van der Waals surface area contributed by atoms with Crippen molar-refractivity contribution >= 4 is 12.3 Å². The van der Waals surface area contributed by atoms with Crippen molar-refractivity contribution in [3.8, 4) is 0 Å². The fourth-order valence-corrected chi connectivity index (χ4v) is 2.17. The molecule has 0 spiro atoms. The van der Waals surface area contributed by atoms with Crippen LogP contribution in [-0.4, -0.2) is 36.5 Å². The summed E-state index contributed by atoms with van der Waals surface area (Å²) in [4.78, 5) is 17.0. The summed E-state index contributed by atoms with van der Waals surface area (Å²) in [5.74, 6) is 1.14. The minimum atomic E-state index is -0.0611. The normalized spacial score (nSPS) is 27.3. The minimum Gasteiger partial charge on any atom is -0.444 e. The highest BCUT2D eigenvalue weighted by atomic mass is 16.5. The lowest BCUT2D eigenvalue weighted by Crippen LogP contribution is -2.43. The fourth-order valence-electron chi connectivity index (χ4n) is 2.17. The molecule has 0 aromatic heterocycles. The van der Waals surface area contributed by atoms with E-state index < -0.39 is 0 Å². The average Bonchev–Trinajstić information content (AvgIpc) is 2.42. The monoisotopic (exact) mass is 196 g/mol. The van der Waals surface area contributed by atoms with E-state index in [-0.39, 0.29) is 6.23 Å². The van der Waals surface area contributed by atoms with Gasteiger partial charge in [-0.25, -0.2) is 0 Å². The van der Waals surface area contributed by atoms with E-state index in [0.717, 1.165) is 51.0 Å². The lowest BCUT2D eigenvalue weighted by atomic mass is 10.2. The van der Waals surface area contributed by atoms with Crippen LogP contribution in [-0.2, 0) is 9.53 Å². The van der Waals surface area contributed by atoms with Crippen LogP contribution in [0.1, 0.15) is 32.1 Å². The third-order valence-electron chi connectivity index (χ3n) is 2.84. The van der Waals surface area contributed by atoms with Crippen LogP contribution >= 0.6 is 0 Å². The Balaban J connectivity index is 2.11. The summed E-state index contributed by atoms with van der Waals surface area (Å²) >= 11 is 0. The van der Waals surface area contributed by atoms with Gasteiger partial charge in [0.1, 0.15) is 5.84 Å². The molecule has 14 heavy (non-hydrogen) atoms. The lowest BCUT2D eigenvalue weighted by Gasteiger charge is -2.33. The van der Waals surface area contributed by atoms with Gasteiger partial charge in [-0.2, -0.15) is 0 Å². The molecule has 0 aliphatic carbocycles. The molecule has 2 rings (SSSR count). The van der Waals surface area contributed by atoms with Gasteiger partial charge >= 0.3 is 0 Å². The number of aliphatic imine (C=N–C) groups is 1. The zero-order valence-corrected chi connectivity index (χ0v) is 8.32. The molecule has 2 aliphatic heterocycles. The fraction of sp³-hybridized carbons (Fsp3) is 0.800. The van der Waals surface area contributed by atoms with E-state index in [4.69, 9.17) is 4.74 Å². The Morgan fingerprint density at radius 2 is 2.36 bits per heavy atom. The van der Waals surface area contributed by atoms with Crippen LogP contribution in [0.5, 0.6) is 0 Å². The molecule has 0 N–H and O–H groups in total. The van der Waals surface area contributed by atoms with Crippen molar-refractivity contribution in [3.63, 3.8) is 0 Å². The Labute approximate surface area is 83.9 Å². The van der Waals surface area contributed by atoms with Gasteiger partial charge in [-0.1, -0.05) is 0 Å². The summed E-state index contributed by atoms with van der Waals surface area (Å²) in [7, 11) is 0. The van der Waals surface area contributed by atoms with Crippen molar-refractivity contribution in [1.29, 1.82) is 0 Å². The molecular formula is C10H16N2O2. The summed E-state index contributed by atoms with van der Waals surface area (Å²) in [5, 5.41) is 0. The van der Waals surface area contributed by atoms with Gasteiger partial charge in [-0.15, -0.1) is 0 Å². The zero-order chi connectivity index (χ0) is 9.80. The van der Waals surface area contributed by atoms with Crippen molar-refractivity contribution in [1.82, 2.24) is 4.90 Å². The second-order valence-corrected chi connectivity index (χ2v) is 3.78. The van der Waals surface area contributed by atoms with Gasteiger partial charge in [0.25, 0.3) is 6.47 Å². The third kappa shape index (κ3) is 1.89. The number of rotatable bonds is 2. The molecule has 1 atom stereocenters.